The van der Waals surface area contributed by atoms with Crippen LogP contribution in [0.2, 0.25) is 0 Å². The maximum atomic E-state index is 12.1. The summed E-state index contributed by atoms with van der Waals surface area (Å²) in [5, 5.41) is 2.99. The van der Waals surface area contributed by atoms with E-state index < -0.39 is 0 Å². The molecule has 0 saturated carbocycles. The number of hydrogen-bond acceptors (Lipinski definition) is 3. The van der Waals surface area contributed by atoms with Crippen LogP contribution in [-0.4, -0.2) is 24.0 Å². The standard InChI is InChI=1S/C17H22N2OS/c1-13-11-16(5-4-15(13)3-2-8-18)19-17(20)12-14-6-9-21-10-7-14/h4-5,11,14H,6-10,12,18H2,1H3,(H,19,20). The average Bonchev–Trinajstić information content (AvgIpc) is 2.47. The summed E-state index contributed by atoms with van der Waals surface area (Å²) >= 11 is 1.99. The summed E-state index contributed by atoms with van der Waals surface area (Å²) in [6.45, 7) is 2.35. The molecule has 1 aliphatic rings. The summed E-state index contributed by atoms with van der Waals surface area (Å²) in [6.07, 6.45) is 2.95. The maximum Gasteiger partial charge on any atom is 0.224 e. The normalized spacial score (nSPS) is 15.1. The molecule has 1 saturated heterocycles. The van der Waals surface area contributed by atoms with Crippen LogP contribution in [0.1, 0.15) is 30.4 Å². The van der Waals surface area contributed by atoms with Crippen molar-refractivity contribution in [3.8, 4) is 11.8 Å². The van der Waals surface area contributed by atoms with Gasteiger partial charge in [0.15, 0.2) is 0 Å². The van der Waals surface area contributed by atoms with Crippen molar-refractivity contribution in [2.75, 3.05) is 23.4 Å². The lowest BCUT2D eigenvalue weighted by atomic mass is 9.98. The van der Waals surface area contributed by atoms with E-state index in [2.05, 4.69) is 17.2 Å². The minimum Gasteiger partial charge on any atom is -0.326 e. The van der Waals surface area contributed by atoms with Gasteiger partial charge in [-0.3, -0.25) is 4.79 Å². The van der Waals surface area contributed by atoms with Gasteiger partial charge in [0.2, 0.25) is 5.91 Å². The zero-order chi connectivity index (χ0) is 15.1. The fraction of sp³-hybridized carbons (Fsp3) is 0.471. The molecule has 1 heterocycles. The van der Waals surface area contributed by atoms with Crippen molar-refractivity contribution >= 4 is 23.4 Å². The van der Waals surface area contributed by atoms with Gasteiger partial charge in [-0.25, -0.2) is 0 Å². The second-order valence-electron chi connectivity index (χ2n) is 5.34. The molecule has 21 heavy (non-hydrogen) atoms. The second-order valence-corrected chi connectivity index (χ2v) is 6.57. The van der Waals surface area contributed by atoms with Crippen LogP contribution in [-0.2, 0) is 4.79 Å². The van der Waals surface area contributed by atoms with Gasteiger partial charge >= 0.3 is 0 Å². The van der Waals surface area contributed by atoms with Gasteiger partial charge in [-0.05, 0) is 61.0 Å². The molecule has 0 radical (unpaired) electrons. The SMILES string of the molecule is Cc1cc(NC(=O)CC2CCSCC2)ccc1C#CCN. The van der Waals surface area contributed by atoms with Gasteiger partial charge in [-0.1, -0.05) is 11.8 Å². The number of nitrogens with one attached hydrogen (secondary N) is 1. The Bertz CT molecular complexity index is 554. The minimum atomic E-state index is 0.118. The number of amides is 1. The zero-order valence-electron chi connectivity index (χ0n) is 12.4. The third kappa shape index (κ3) is 5.11. The van der Waals surface area contributed by atoms with Crippen molar-refractivity contribution < 1.29 is 4.79 Å². The van der Waals surface area contributed by atoms with Crippen molar-refractivity contribution in [3.05, 3.63) is 29.3 Å². The summed E-state index contributed by atoms with van der Waals surface area (Å²) in [6, 6.07) is 5.81. The zero-order valence-corrected chi connectivity index (χ0v) is 13.3. The fourth-order valence-corrected chi connectivity index (χ4v) is 3.66. The maximum absolute atomic E-state index is 12.1. The monoisotopic (exact) mass is 302 g/mol. The second kappa shape index (κ2) is 8.11. The van der Waals surface area contributed by atoms with Gasteiger partial charge in [-0.2, -0.15) is 11.8 Å². The van der Waals surface area contributed by atoms with E-state index in [0.29, 0.717) is 18.9 Å². The first-order chi connectivity index (χ1) is 10.2. The van der Waals surface area contributed by atoms with Gasteiger partial charge in [0, 0.05) is 17.7 Å². The number of carbonyl (C=O) groups excluding carboxylic acids is 1. The Morgan fingerprint density at radius 1 is 1.43 bits per heavy atom. The number of nitrogens with two attached hydrogens (primary N) is 1. The number of hydrogen-bond donors (Lipinski definition) is 2. The molecule has 1 aromatic carbocycles. The first-order valence-corrected chi connectivity index (χ1v) is 8.51. The molecule has 3 N–H and O–H groups in total. The Hall–Kier alpha value is -1.44. The summed E-state index contributed by atoms with van der Waals surface area (Å²) in [5.74, 6) is 8.91. The number of anilines is 1. The largest absolute Gasteiger partial charge is 0.326 e. The number of benzene rings is 1. The predicted molar refractivity (Wildman–Crippen MR) is 90.4 cm³/mol. The molecule has 2 rings (SSSR count). The van der Waals surface area contributed by atoms with Crippen molar-refractivity contribution in [2.45, 2.75) is 26.2 Å². The quantitative estimate of drug-likeness (QED) is 0.844. The van der Waals surface area contributed by atoms with E-state index in [1.165, 1.54) is 11.5 Å². The van der Waals surface area contributed by atoms with Gasteiger partial charge in [0.25, 0.3) is 0 Å². The third-order valence-electron chi connectivity index (χ3n) is 3.65. The Balaban J connectivity index is 1.92. The Morgan fingerprint density at radius 2 is 2.19 bits per heavy atom. The van der Waals surface area contributed by atoms with Crippen LogP contribution in [0.15, 0.2) is 18.2 Å². The molecular formula is C17H22N2OS. The predicted octanol–water partition coefficient (Wildman–Crippen LogP) is 2.78. The smallest absolute Gasteiger partial charge is 0.224 e. The third-order valence-corrected chi connectivity index (χ3v) is 4.70. The first-order valence-electron chi connectivity index (χ1n) is 7.36. The summed E-state index contributed by atoms with van der Waals surface area (Å²) in [5.41, 5.74) is 8.25. The van der Waals surface area contributed by atoms with E-state index in [1.807, 2.05) is 36.9 Å². The van der Waals surface area contributed by atoms with Gasteiger partial charge < -0.3 is 11.1 Å². The van der Waals surface area contributed by atoms with Gasteiger partial charge in [0.1, 0.15) is 0 Å². The molecule has 0 aliphatic carbocycles. The van der Waals surface area contributed by atoms with E-state index in [4.69, 9.17) is 5.73 Å². The number of carbonyl (C=O) groups is 1. The van der Waals surface area contributed by atoms with Gasteiger partial charge in [-0.15, -0.1) is 0 Å². The highest BCUT2D eigenvalue weighted by atomic mass is 32.2. The van der Waals surface area contributed by atoms with E-state index >= 15 is 0 Å². The molecule has 0 aromatic heterocycles. The molecule has 4 heteroatoms. The van der Waals surface area contributed by atoms with E-state index in [1.54, 1.807) is 0 Å². The Morgan fingerprint density at radius 3 is 2.86 bits per heavy atom. The van der Waals surface area contributed by atoms with Crippen LogP contribution in [0, 0.1) is 24.7 Å². The lowest BCUT2D eigenvalue weighted by molar-refractivity contribution is -0.117. The van der Waals surface area contributed by atoms with Crippen molar-refractivity contribution in [3.63, 3.8) is 0 Å². The van der Waals surface area contributed by atoms with Crippen LogP contribution < -0.4 is 11.1 Å². The average molecular weight is 302 g/mol. The molecule has 1 fully saturated rings. The van der Waals surface area contributed by atoms with Crippen LogP contribution in [0.5, 0.6) is 0 Å². The molecular weight excluding hydrogens is 280 g/mol. The number of rotatable bonds is 3. The molecule has 0 spiro atoms. The summed E-state index contributed by atoms with van der Waals surface area (Å²) in [4.78, 5) is 12.1. The Kier molecular flexibility index (Phi) is 6.16. The van der Waals surface area contributed by atoms with E-state index in [9.17, 15) is 4.79 Å². The molecule has 1 aliphatic heterocycles. The number of thioether (sulfide) groups is 1. The molecule has 1 aromatic rings. The van der Waals surface area contributed by atoms with Crippen molar-refractivity contribution in [2.24, 2.45) is 11.7 Å². The van der Waals surface area contributed by atoms with Gasteiger partial charge in [0.05, 0.1) is 6.54 Å². The van der Waals surface area contributed by atoms with Crippen molar-refractivity contribution in [1.82, 2.24) is 0 Å². The van der Waals surface area contributed by atoms with Crippen LogP contribution in [0.4, 0.5) is 5.69 Å². The van der Waals surface area contributed by atoms with Crippen LogP contribution in [0.25, 0.3) is 0 Å². The number of aryl methyl sites for hydroxylation is 1. The summed E-state index contributed by atoms with van der Waals surface area (Å²) in [7, 11) is 0. The highest BCUT2D eigenvalue weighted by Gasteiger charge is 2.17. The fourth-order valence-electron chi connectivity index (χ4n) is 2.45. The van der Waals surface area contributed by atoms with E-state index in [-0.39, 0.29) is 5.91 Å². The van der Waals surface area contributed by atoms with E-state index in [0.717, 1.165) is 29.7 Å². The first kappa shape index (κ1) is 15.9. The highest BCUT2D eigenvalue weighted by molar-refractivity contribution is 7.99. The van der Waals surface area contributed by atoms with Crippen LogP contribution >= 0.6 is 11.8 Å². The van der Waals surface area contributed by atoms with Crippen LogP contribution in [0.3, 0.4) is 0 Å². The molecule has 0 atom stereocenters. The lowest BCUT2D eigenvalue weighted by Crippen LogP contribution is -2.19. The topological polar surface area (TPSA) is 55.1 Å². The lowest BCUT2D eigenvalue weighted by Gasteiger charge is -2.20. The van der Waals surface area contributed by atoms with Crippen molar-refractivity contribution in [1.29, 1.82) is 0 Å². The molecule has 112 valence electrons. The minimum absolute atomic E-state index is 0.118. The molecule has 3 nitrogen and oxygen atoms in total. The highest BCUT2D eigenvalue weighted by Crippen LogP contribution is 2.25. The summed E-state index contributed by atoms with van der Waals surface area (Å²) < 4.78 is 0. The molecule has 0 unspecified atom stereocenters. The molecule has 0 bridgehead atoms. The Labute approximate surface area is 131 Å². The molecule has 1 amide bonds.